The molecule has 0 radical (unpaired) electrons. The first-order valence-corrected chi connectivity index (χ1v) is 9.25. The lowest BCUT2D eigenvalue weighted by molar-refractivity contribution is -0.148. The number of nitrogens with two attached hydrogens (primary N) is 1. The molecule has 1 aromatic rings. The highest BCUT2D eigenvalue weighted by Crippen LogP contribution is 2.56. The van der Waals surface area contributed by atoms with Gasteiger partial charge in [-0.25, -0.2) is 4.57 Å². The van der Waals surface area contributed by atoms with E-state index in [2.05, 4.69) is 4.52 Å². The first-order valence-electron chi connectivity index (χ1n) is 5.82. The number of benzene rings is 1. The molecule has 0 aliphatic heterocycles. The summed E-state index contributed by atoms with van der Waals surface area (Å²) >= 11 is 10.3. The average Bonchev–Trinajstić information content (AvgIpc) is 2.27. The lowest BCUT2D eigenvalue weighted by atomic mass is 10.3. The van der Waals surface area contributed by atoms with Crippen molar-refractivity contribution in [3.05, 3.63) is 30.3 Å². The Morgan fingerprint density at radius 3 is 1.95 bits per heavy atom. The fraction of sp³-hybridized carbons (Fsp3) is 0.417. The third-order valence-corrected chi connectivity index (χ3v) is 2.52. The number of halogens is 3. The van der Waals surface area contributed by atoms with Gasteiger partial charge in [0.25, 0.3) is 0 Å². The number of para-hydroxylation sites is 1. The summed E-state index contributed by atoms with van der Waals surface area (Å²) in [6, 6.07) is 8.01. The van der Waals surface area contributed by atoms with Crippen LogP contribution in [0.4, 0.5) is 0 Å². The molecule has 5 nitrogen and oxygen atoms in total. The first kappa shape index (κ1) is 22.8. The van der Waals surface area contributed by atoms with E-state index in [1.54, 1.807) is 51.1 Å². The van der Waals surface area contributed by atoms with E-state index in [4.69, 9.17) is 33.0 Å². The topological polar surface area (TPSA) is 78.6 Å². The molecule has 0 heterocycles. The molecule has 21 heavy (non-hydrogen) atoms. The summed E-state index contributed by atoms with van der Waals surface area (Å²) in [4.78, 5) is 10.6. The van der Waals surface area contributed by atoms with Crippen molar-refractivity contribution in [1.29, 1.82) is 0 Å². The van der Waals surface area contributed by atoms with Gasteiger partial charge in [0.2, 0.25) is 0 Å². The molecule has 0 aliphatic rings. The van der Waals surface area contributed by atoms with E-state index >= 15 is 0 Å². The molecule has 0 saturated carbocycles. The fourth-order valence-electron chi connectivity index (χ4n) is 0.944. The molecule has 0 unspecified atom stereocenters. The zero-order valence-corrected chi connectivity index (χ0v) is 15.1. The molecule has 0 saturated heterocycles. The lowest BCUT2D eigenvalue weighted by Gasteiger charge is -2.08. The number of esters is 1. The van der Waals surface area contributed by atoms with Crippen LogP contribution < -0.4 is 10.3 Å². The predicted molar refractivity (Wildman–Crippen MR) is 88.5 cm³/mol. The largest absolute Gasteiger partial charge is 0.462 e. The van der Waals surface area contributed by atoms with Crippen molar-refractivity contribution in [2.24, 2.45) is 5.73 Å². The SMILES string of the molecule is CC(C)OC(=O)[C@H](C)N.Cl.O=P(Cl)(Cl)Oc1ccccc1. The number of carbonyl (C=O) groups is 1. The molecule has 1 atom stereocenters. The molecule has 9 heteroatoms. The molecular weight excluding hydrogens is 359 g/mol. The van der Waals surface area contributed by atoms with Crippen LogP contribution in [0.1, 0.15) is 20.8 Å². The standard InChI is InChI=1S/C6H5Cl2O2P.C6H13NO2.ClH/c7-11(8,9)10-6-4-2-1-3-5-6;1-4(2)9-6(8)5(3)7;/h1-5H;4-5H,7H2,1-3H3;1H/t;5-;/m.0./s1. The van der Waals surface area contributed by atoms with Crippen molar-refractivity contribution in [3.63, 3.8) is 0 Å². The molecule has 0 aromatic heterocycles. The zero-order chi connectivity index (χ0) is 15.8. The number of carbonyl (C=O) groups excluding carboxylic acids is 1. The van der Waals surface area contributed by atoms with Gasteiger partial charge in [-0.1, -0.05) is 18.2 Å². The maximum absolute atomic E-state index is 10.7. The molecule has 122 valence electrons. The Kier molecular flexibility index (Phi) is 12.1. The van der Waals surface area contributed by atoms with Gasteiger partial charge in [-0.05, 0) is 32.9 Å². The normalized spacial score (nSPS) is 11.6. The molecule has 0 bridgehead atoms. The van der Waals surface area contributed by atoms with Crippen molar-refractivity contribution >= 4 is 46.9 Å². The van der Waals surface area contributed by atoms with Crippen molar-refractivity contribution in [3.8, 4) is 5.75 Å². The van der Waals surface area contributed by atoms with Crippen LogP contribution in [0, 0.1) is 0 Å². The van der Waals surface area contributed by atoms with Crippen molar-refractivity contribution < 1.29 is 18.6 Å². The number of hydrogen-bond donors (Lipinski definition) is 1. The Hall–Kier alpha value is -0.450. The molecule has 0 spiro atoms. The van der Waals surface area contributed by atoms with Gasteiger partial charge in [0.05, 0.1) is 6.10 Å². The highest BCUT2D eigenvalue weighted by molar-refractivity contribution is 8.05. The summed E-state index contributed by atoms with van der Waals surface area (Å²) in [7, 11) is 0. The number of hydrogen-bond acceptors (Lipinski definition) is 5. The molecular formula is C12H19Cl3NO4P. The summed E-state index contributed by atoms with van der Waals surface area (Å²) < 4.78 is 20.1. The Bertz CT molecular complexity index is 451. The molecule has 0 amide bonds. The molecule has 0 aliphatic carbocycles. The summed E-state index contributed by atoms with van der Waals surface area (Å²) in [5.74, 6) is 0.0610. The third kappa shape index (κ3) is 14.3. The average molecular weight is 379 g/mol. The Balaban J connectivity index is 0. The summed E-state index contributed by atoms with van der Waals surface area (Å²) in [5.41, 5.74) is 5.21. The lowest BCUT2D eigenvalue weighted by Crippen LogP contribution is -2.30. The van der Waals surface area contributed by atoms with Gasteiger partial charge in [-0.3, -0.25) is 4.79 Å². The van der Waals surface area contributed by atoms with Crippen LogP contribution in [0.3, 0.4) is 0 Å². The second kappa shape index (κ2) is 11.2. The van der Waals surface area contributed by atoms with Crippen molar-refractivity contribution in [1.82, 2.24) is 0 Å². The predicted octanol–water partition coefficient (Wildman–Crippen LogP) is 4.36. The van der Waals surface area contributed by atoms with E-state index in [0.717, 1.165) is 0 Å². The van der Waals surface area contributed by atoms with Gasteiger partial charge >= 0.3 is 12.0 Å². The smallest absolute Gasteiger partial charge is 0.428 e. The highest BCUT2D eigenvalue weighted by Gasteiger charge is 2.15. The van der Waals surface area contributed by atoms with E-state index in [1.807, 2.05) is 0 Å². The zero-order valence-electron chi connectivity index (χ0n) is 11.9. The minimum absolute atomic E-state index is 0. The Morgan fingerprint density at radius 1 is 1.19 bits per heavy atom. The van der Waals surface area contributed by atoms with Crippen LogP contribution in [0.2, 0.25) is 0 Å². The number of rotatable bonds is 4. The van der Waals surface area contributed by atoms with Crippen LogP contribution in [-0.4, -0.2) is 18.1 Å². The van der Waals surface area contributed by atoms with Crippen LogP contribution in [-0.2, 0) is 14.1 Å². The van der Waals surface area contributed by atoms with E-state index in [9.17, 15) is 9.36 Å². The van der Waals surface area contributed by atoms with Crippen molar-refractivity contribution in [2.45, 2.75) is 32.9 Å². The fourth-order valence-corrected chi connectivity index (χ4v) is 1.79. The minimum atomic E-state index is -3.44. The minimum Gasteiger partial charge on any atom is -0.462 e. The Labute approximate surface area is 140 Å². The number of ether oxygens (including phenoxy) is 1. The van der Waals surface area contributed by atoms with Gasteiger partial charge in [-0.2, -0.15) is 0 Å². The van der Waals surface area contributed by atoms with E-state index < -0.39 is 12.1 Å². The second-order valence-corrected chi connectivity index (χ2v) is 8.29. The molecule has 1 rings (SSSR count). The van der Waals surface area contributed by atoms with E-state index in [0.29, 0.717) is 5.75 Å². The molecule has 0 fully saturated rings. The summed E-state index contributed by atoms with van der Waals surface area (Å²) in [5, 5.41) is 0. The summed E-state index contributed by atoms with van der Waals surface area (Å²) in [6.07, 6.45) is -3.51. The monoisotopic (exact) mass is 377 g/mol. The first-order chi connectivity index (χ1) is 9.11. The van der Waals surface area contributed by atoms with Gasteiger partial charge < -0.3 is 15.0 Å². The second-order valence-electron chi connectivity index (χ2n) is 4.09. The molecule has 1 aromatic carbocycles. The van der Waals surface area contributed by atoms with Crippen LogP contribution in [0.5, 0.6) is 5.75 Å². The van der Waals surface area contributed by atoms with Gasteiger partial charge in [-0.15, -0.1) is 12.4 Å². The third-order valence-electron chi connectivity index (χ3n) is 1.68. The maximum Gasteiger partial charge on any atom is 0.428 e. The van der Waals surface area contributed by atoms with E-state index in [1.165, 1.54) is 0 Å². The van der Waals surface area contributed by atoms with Gasteiger partial charge in [0, 0.05) is 22.5 Å². The van der Waals surface area contributed by atoms with Crippen LogP contribution in [0.15, 0.2) is 30.3 Å². The quantitative estimate of drug-likeness (QED) is 0.622. The highest BCUT2D eigenvalue weighted by atomic mass is 35.9. The van der Waals surface area contributed by atoms with E-state index in [-0.39, 0.29) is 24.5 Å². The van der Waals surface area contributed by atoms with Crippen LogP contribution in [0.25, 0.3) is 0 Å². The molecule has 2 N–H and O–H groups in total. The van der Waals surface area contributed by atoms with Gasteiger partial charge in [0.15, 0.2) is 0 Å². The van der Waals surface area contributed by atoms with Gasteiger partial charge in [0.1, 0.15) is 11.8 Å². The summed E-state index contributed by atoms with van der Waals surface area (Å²) in [6.45, 7) is 5.19. The Morgan fingerprint density at radius 2 is 1.67 bits per heavy atom. The van der Waals surface area contributed by atoms with Crippen molar-refractivity contribution in [2.75, 3.05) is 0 Å². The maximum atomic E-state index is 10.7. The van der Waals surface area contributed by atoms with Crippen LogP contribution >= 0.6 is 41.0 Å².